The molecule has 1 amide bonds. The number of halogens is 2. The number of carbonyl (C=O) groups excluding carboxylic acids is 1. The molecule has 0 radical (unpaired) electrons. The fourth-order valence-corrected chi connectivity index (χ4v) is 2.90. The summed E-state index contributed by atoms with van der Waals surface area (Å²) in [6.07, 6.45) is 0. The van der Waals surface area contributed by atoms with Gasteiger partial charge in [-0.25, -0.2) is 4.39 Å². The second-order valence-corrected chi connectivity index (χ2v) is 6.28. The highest BCUT2D eigenvalue weighted by Gasteiger charge is 2.15. The van der Waals surface area contributed by atoms with Crippen LogP contribution in [0.5, 0.6) is 0 Å². The summed E-state index contributed by atoms with van der Waals surface area (Å²) in [7, 11) is 0. The molecule has 0 fully saturated rings. The molecule has 0 spiro atoms. The van der Waals surface area contributed by atoms with Crippen molar-refractivity contribution in [2.75, 3.05) is 0 Å². The van der Waals surface area contributed by atoms with Gasteiger partial charge in [-0.2, -0.15) is 0 Å². The number of nitrogens with one attached hydrogen (secondary N) is 1. The lowest BCUT2D eigenvalue weighted by atomic mass is 10.1. The average molecular weight is 328 g/mol. The molecule has 1 N–H and O–H groups in total. The van der Waals surface area contributed by atoms with Gasteiger partial charge in [-0.3, -0.25) is 4.79 Å². The highest BCUT2D eigenvalue weighted by Crippen LogP contribution is 2.23. The number of rotatable bonds is 3. The second-order valence-electron chi connectivity index (χ2n) is 3.82. The smallest absolute Gasteiger partial charge is 0.261 e. The topological polar surface area (TPSA) is 29.1 Å². The first-order valence-corrected chi connectivity index (χ1v) is 6.99. The number of carbonyl (C=O) groups is 1. The molecule has 2 aromatic rings. The summed E-state index contributed by atoms with van der Waals surface area (Å²) in [4.78, 5) is 12.5. The van der Waals surface area contributed by atoms with Gasteiger partial charge in [-0.05, 0) is 41.1 Å². The van der Waals surface area contributed by atoms with Crippen molar-refractivity contribution in [1.29, 1.82) is 0 Å². The van der Waals surface area contributed by atoms with E-state index >= 15 is 0 Å². The quantitative estimate of drug-likeness (QED) is 0.901. The van der Waals surface area contributed by atoms with E-state index in [0.29, 0.717) is 10.4 Å². The van der Waals surface area contributed by atoms with E-state index in [1.807, 2.05) is 6.07 Å². The molecule has 2 nitrogen and oxygen atoms in total. The van der Waals surface area contributed by atoms with Crippen molar-refractivity contribution >= 4 is 33.2 Å². The standard InChI is InChI=1S/C13H11BrFNOS/c1-8(9-4-2-3-5-10(9)15)16-13(17)11-6-7-12(14)18-11/h2-8H,1H3,(H,16,17). The zero-order valence-corrected chi connectivity index (χ0v) is 12.0. The van der Waals surface area contributed by atoms with Gasteiger partial charge in [0.2, 0.25) is 0 Å². The fraction of sp³-hybridized carbons (Fsp3) is 0.154. The third-order valence-electron chi connectivity index (χ3n) is 2.52. The molecule has 2 rings (SSSR count). The molecule has 18 heavy (non-hydrogen) atoms. The average Bonchev–Trinajstić information content (AvgIpc) is 2.76. The summed E-state index contributed by atoms with van der Waals surface area (Å²) >= 11 is 4.65. The van der Waals surface area contributed by atoms with E-state index in [2.05, 4.69) is 21.2 Å². The molecule has 0 bridgehead atoms. The van der Waals surface area contributed by atoms with E-state index in [4.69, 9.17) is 0 Å². The molecule has 94 valence electrons. The van der Waals surface area contributed by atoms with E-state index in [1.54, 1.807) is 31.2 Å². The maximum atomic E-state index is 13.5. The molecule has 0 aliphatic rings. The SMILES string of the molecule is CC(NC(=O)c1ccc(Br)s1)c1ccccc1F. The van der Waals surface area contributed by atoms with Crippen LogP contribution in [0, 0.1) is 5.82 Å². The third-order valence-corrected chi connectivity index (χ3v) is 4.14. The van der Waals surface area contributed by atoms with Gasteiger partial charge in [-0.1, -0.05) is 18.2 Å². The molecular weight excluding hydrogens is 317 g/mol. The lowest BCUT2D eigenvalue weighted by molar-refractivity contribution is 0.0943. The molecule has 5 heteroatoms. The van der Waals surface area contributed by atoms with Crippen LogP contribution >= 0.6 is 27.3 Å². The predicted octanol–water partition coefficient (Wildman–Crippen LogP) is 4.14. The molecule has 0 aliphatic heterocycles. The van der Waals surface area contributed by atoms with Crippen molar-refractivity contribution in [2.45, 2.75) is 13.0 Å². The van der Waals surface area contributed by atoms with Crippen molar-refractivity contribution < 1.29 is 9.18 Å². The predicted molar refractivity (Wildman–Crippen MR) is 74.3 cm³/mol. The highest BCUT2D eigenvalue weighted by atomic mass is 79.9. The summed E-state index contributed by atoms with van der Waals surface area (Å²) in [6, 6.07) is 9.63. The molecule has 1 aromatic heterocycles. The van der Waals surface area contributed by atoms with Crippen LogP contribution in [-0.4, -0.2) is 5.91 Å². The fourth-order valence-electron chi connectivity index (χ4n) is 1.61. The first kappa shape index (κ1) is 13.2. The van der Waals surface area contributed by atoms with Gasteiger partial charge in [-0.15, -0.1) is 11.3 Å². The Kier molecular flexibility index (Phi) is 4.14. The van der Waals surface area contributed by atoms with Gasteiger partial charge in [0.05, 0.1) is 14.7 Å². The molecule has 0 saturated heterocycles. The minimum absolute atomic E-state index is 0.193. The van der Waals surface area contributed by atoms with Gasteiger partial charge in [0, 0.05) is 5.56 Å². The minimum Gasteiger partial charge on any atom is -0.345 e. The maximum Gasteiger partial charge on any atom is 0.261 e. The summed E-state index contributed by atoms with van der Waals surface area (Å²) < 4.78 is 14.4. The van der Waals surface area contributed by atoms with Gasteiger partial charge < -0.3 is 5.32 Å². The molecule has 0 saturated carbocycles. The summed E-state index contributed by atoms with van der Waals surface area (Å²) in [5, 5.41) is 2.78. The Morgan fingerprint density at radius 1 is 1.33 bits per heavy atom. The van der Waals surface area contributed by atoms with Crippen LogP contribution in [0.15, 0.2) is 40.2 Å². The lowest BCUT2D eigenvalue weighted by Gasteiger charge is -2.14. The van der Waals surface area contributed by atoms with Crippen LogP contribution < -0.4 is 5.32 Å². The summed E-state index contributed by atoms with van der Waals surface area (Å²) in [5.74, 6) is -0.501. The van der Waals surface area contributed by atoms with Gasteiger partial charge >= 0.3 is 0 Å². The zero-order chi connectivity index (χ0) is 13.1. The summed E-state index contributed by atoms with van der Waals surface area (Å²) in [5.41, 5.74) is 0.487. The normalized spacial score (nSPS) is 12.2. The Bertz CT molecular complexity index is 570. The Balaban J connectivity index is 2.10. The Labute approximate surface area is 117 Å². The Hall–Kier alpha value is -1.20. The number of hydrogen-bond donors (Lipinski definition) is 1. The molecule has 1 heterocycles. The first-order valence-electron chi connectivity index (χ1n) is 5.38. The molecule has 1 unspecified atom stereocenters. The largest absolute Gasteiger partial charge is 0.345 e. The van der Waals surface area contributed by atoms with E-state index < -0.39 is 0 Å². The first-order chi connectivity index (χ1) is 8.58. The van der Waals surface area contributed by atoms with Crippen LogP contribution in [0.4, 0.5) is 4.39 Å². The Morgan fingerprint density at radius 3 is 2.67 bits per heavy atom. The van der Waals surface area contributed by atoms with Crippen molar-refractivity contribution in [1.82, 2.24) is 5.32 Å². The van der Waals surface area contributed by atoms with Crippen LogP contribution in [0.25, 0.3) is 0 Å². The van der Waals surface area contributed by atoms with Crippen molar-refractivity contribution in [3.63, 3.8) is 0 Å². The number of thiophene rings is 1. The molecule has 1 atom stereocenters. The number of amides is 1. The van der Waals surface area contributed by atoms with Crippen molar-refractivity contribution in [3.8, 4) is 0 Å². The van der Waals surface area contributed by atoms with Gasteiger partial charge in [0.25, 0.3) is 5.91 Å². The number of benzene rings is 1. The maximum absolute atomic E-state index is 13.5. The molecular formula is C13H11BrFNOS. The summed E-state index contributed by atoms with van der Waals surface area (Å²) in [6.45, 7) is 1.76. The molecule has 0 aliphatic carbocycles. The van der Waals surface area contributed by atoms with Crippen LogP contribution in [-0.2, 0) is 0 Å². The van der Waals surface area contributed by atoms with Crippen molar-refractivity contribution in [2.24, 2.45) is 0 Å². The van der Waals surface area contributed by atoms with Crippen molar-refractivity contribution in [3.05, 3.63) is 56.4 Å². The van der Waals surface area contributed by atoms with Crippen LogP contribution in [0.1, 0.15) is 28.2 Å². The second kappa shape index (κ2) is 5.63. The van der Waals surface area contributed by atoms with E-state index in [-0.39, 0.29) is 17.8 Å². The van der Waals surface area contributed by atoms with E-state index in [1.165, 1.54) is 17.4 Å². The highest BCUT2D eigenvalue weighted by molar-refractivity contribution is 9.11. The zero-order valence-electron chi connectivity index (χ0n) is 9.61. The monoisotopic (exact) mass is 327 g/mol. The van der Waals surface area contributed by atoms with E-state index in [0.717, 1.165) is 3.79 Å². The van der Waals surface area contributed by atoms with Gasteiger partial charge in [0.1, 0.15) is 5.82 Å². The van der Waals surface area contributed by atoms with Crippen LogP contribution in [0.3, 0.4) is 0 Å². The number of hydrogen-bond acceptors (Lipinski definition) is 2. The Morgan fingerprint density at radius 2 is 2.06 bits per heavy atom. The lowest BCUT2D eigenvalue weighted by Crippen LogP contribution is -2.26. The minimum atomic E-state index is -0.362. The van der Waals surface area contributed by atoms with Gasteiger partial charge in [0.15, 0.2) is 0 Å². The van der Waals surface area contributed by atoms with E-state index in [9.17, 15) is 9.18 Å². The molecule has 1 aromatic carbocycles. The third kappa shape index (κ3) is 2.97. The van der Waals surface area contributed by atoms with Crippen LogP contribution in [0.2, 0.25) is 0 Å².